The van der Waals surface area contributed by atoms with Gasteiger partial charge in [0.15, 0.2) is 24.6 Å². The van der Waals surface area contributed by atoms with Crippen molar-refractivity contribution in [3.8, 4) is 0 Å². The Balaban J connectivity index is 2.25. The fraction of sp³-hybridized carbons (Fsp3) is 0.667. The van der Waals surface area contributed by atoms with Gasteiger partial charge < -0.3 is 33.2 Å². The maximum Gasteiger partial charge on any atom is 0.338 e. The second-order valence-corrected chi connectivity index (χ2v) is 13.2. The monoisotopic (exact) mass is 759 g/mol. The van der Waals surface area contributed by atoms with Gasteiger partial charge >= 0.3 is 29.8 Å². The smallest absolute Gasteiger partial charge is 0.338 e. The Bertz CT molecular complexity index is 1380. The summed E-state index contributed by atoms with van der Waals surface area (Å²) < 4.78 is 39.3. The molecule has 0 saturated carbocycles. The molecule has 0 bridgehead atoms. The lowest BCUT2D eigenvalue weighted by Crippen LogP contribution is -2.63. The molecule has 0 aromatic heterocycles. The molecule has 0 amide bonds. The zero-order chi connectivity index (χ0) is 39.7. The molecule has 0 aliphatic carbocycles. The van der Waals surface area contributed by atoms with Gasteiger partial charge in [-0.3, -0.25) is 19.2 Å². The highest BCUT2D eigenvalue weighted by Gasteiger charge is 2.53. The number of carbonyl (C=O) groups excluding carboxylic acids is 5. The van der Waals surface area contributed by atoms with E-state index in [1.807, 2.05) is 6.08 Å². The zero-order valence-corrected chi connectivity index (χ0v) is 32.2. The van der Waals surface area contributed by atoms with Crippen LogP contribution in [0.3, 0.4) is 0 Å². The minimum atomic E-state index is -1.52. The molecular formula is C39H57N3O12. The van der Waals surface area contributed by atoms with Crippen LogP contribution in [0.25, 0.3) is 10.4 Å². The highest BCUT2D eigenvalue weighted by Crippen LogP contribution is 2.30. The maximum atomic E-state index is 13.2. The summed E-state index contributed by atoms with van der Waals surface area (Å²) >= 11 is 0. The van der Waals surface area contributed by atoms with Gasteiger partial charge in [0, 0.05) is 32.6 Å². The van der Waals surface area contributed by atoms with Crippen molar-refractivity contribution in [3.05, 3.63) is 58.5 Å². The van der Waals surface area contributed by atoms with Gasteiger partial charge in [-0.05, 0) is 36.6 Å². The number of hydrogen-bond acceptors (Lipinski definition) is 13. The zero-order valence-electron chi connectivity index (χ0n) is 32.2. The summed E-state index contributed by atoms with van der Waals surface area (Å²) in [5.74, 6) is -3.72. The first-order valence-electron chi connectivity index (χ1n) is 18.9. The highest BCUT2D eigenvalue weighted by atomic mass is 16.7. The Hall–Kier alpha value is -4.46. The number of allylic oxidation sites excluding steroid dienone is 1. The summed E-state index contributed by atoms with van der Waals surface area (Å²) in [6, 6.07) is 7.16. The molecule has 0 spiro atoms. The lowest BCUT2D eigenvalue weighted by Gasteiger charge is -2.44. The second-order valence-electron chi connectivity index (χ2n) is 13.2. The fourth-order valence-corrected chi connectivity index (χ4v) is 5.95. The van der Waals surface area contributed by atoms with E-state index in [-0.39, 0.29) is 5.56 Å². The fourth-order valence-electron chi connectivity index (χ4n) is 5.95. The van der Waals surface area contributed by atoms with Crippen LogP contribution in [0.15, 0.2) is 47.6 Å². The first kappa shape index (κ1) is 45.7. The van der Waals surface area contributed by atoms with Crippen LogP contribution in [0.2, 0.25) is 0 Å². The predicted molar refractivity (Wildman–Crippen MR) is 197 cm³/mol. The van der Waals surface area contributed by atoms with Crippen molar-refractivity contribution >= 4 is 29.8 Å². The Morgan fingerprint density at radius 3 is 1.89 bits per heavy atom. The number of unbranched alkanes of at least 4 members (excludes halogenated alkanes) is 11. The van der Waals surface area contributed by atoms with Crippen molar-refractivity contribution in [1.82, 2.24) is 0 Å². The van der Waals surface area contributed by atoms with Gasteiger partial charge in [0.1, 0.15) is 24.9 Å². The van der Waals surface area contributed by atoms with Crippen LogP contribution in [0, 0.1) is 0 Å². The molecule has 1 aromatic carbocycles. The summed E-state index contributed by atoms with van der Waals surface area (Å²) in [6.45, 7) is 5.82. The number of hydrogen-bond donors (Lipinski definition) is 0. The lowest BCUT2D eigenvalue weighted by molar-refractivity contribution is -0.309. The van der Waals surface area contributed by atoms with Gasteiger partial charge in [0.25, 0.3) is 0 Å². The summed E-state index contributed by atoms with van der Waals surface area (Å²) in [6.07, 6.45) is 9.26. The Morgan fingerprint density at radius 2 is 1.33 bits per heavy atom. The number of azide groups is 1. The molecule has 1 aliphatic heterocycles. The number of carbonyl (C=O) groups is 5. The van der Waals surface area contributed by atoms with E-state index in [0.29, 0.717) is 6.42 Å². The normalized spacial score (nSPS) is 20.6. The Morgan fingerprint density at radius 1 is 0.778 bits per heavy atom. The standard InChI is InChI=1S/C39H57N3O12/c1-6-7-8-9-10-11-12-13-14-15-16-17-21-24-33(53-38(47)31-22-19-18-20-23-31)32(41-42-40)25-49-39-37(52-30(5)46)36(51-29(4)45)35(50-28(3)44)34(54-39)26-48-27(2)43/h18-24,32-37,39H,6-17,25-26H2,1-5H3/t32-,33+,34+,35+,36-,37+,39+/m0/s1. The van der Waals surface area contributed by atoms with Crippen LogP contribution in [0.5, 0.6) is 0 Å². The Kier molecular flexibility index (Phi) is 22.3. The van der Waals surface area contributed by atoms with Crippen molar-refractivity contribution in [2.75, 3.05) is 13.2 Å². The van der Waals surface area contributed by atoms with E-state index in [9.17, 15) is 29.5 Å². The third kappa shape index (κ3) is 18.0. The molecule has 7 atom stereocenters. The van der Waals surface area contributed by atoms with E-state index < -0.39 is 85.9 Å². The van der Waals surface area contributed by atoms with Crippen LogP contribution in [0.4, 0.5) is 0 Å². The second kappa shape index (κ2) is 26.3. The van der Waals surface area contributed by atoms with Gasteiger partial charge in [-0.1, -0.05) is 101 Å². The highest BCUT2D eigenvalue weighted by molar-refractivity contribution is 5.89. The summed E-state index contributed by atoms with van der Waals surface area (Å²) in [5.41, 5.74) is 9.81. The van der Waals surface area contributed by atoms with Crippen molar-refractivity contribution in [2.45, 2.75) is 155 Å². The molecule has 1 heterocycles. The molecule has 1 saturated heterocycles. The minimum Gasteiger partial charge on any atom is -0.463 e. The van der Waals surface area contributed by atoms with Crippen molar-refractivity contribution in [2.24, 2.45) is 5.11 Å². The SMILES string of the molecule is CCCCCCCCCCCCCC=C[C@@H](OC(=O)c1ccccc1)[C@H](CO[C@@H]1O[C@H](COC(C)=O)[C@@H](OC(C)=O)[C@H](OC(C)=O)[C@H]1OC(C)=O)N=[N+]=[N-]. The topological polar surface area (TPSA) is 199 Å². The summed E-state index contributed by atoms with van der Waals surface area (Å²) in [4.78, 5) is 64.3. The van der Waals surface area contributed by atoms with Gasteiger partial charge in [0.05, 0.1) is 12.2 Å². The largest absolute Gasteiger partial charge is 0.463 e. The van der Waals surface area contributed by atoms with Gasteiger partial charge in [-0.2, -0.15) is 0 Å². The van der Waals surface area contributed by atoms with Crippen LogP contribution < -0.4 is 0 Å². The van der Waals surface area contributed by atoms with Crippen molar-refractivity contribution < 1.29 is 57.1 Å². The molecule has 0 N–H and O–H groups in total. The molecule has 15 heteroatoms. The number of esters is 5. The first-order valence-corrected chi connectivity index (χ1v) is 18.9. The molecule has 0 radical (unpaired) electrons. The van der Waals surface area contributed by atoms with E-state index in [1.165, 1.54) is 51.4 Å². The summed E-state index contributed by atoms with van der Waals surface area (Å²) in [5, 5.41) is 3.86. The number of rotatable bonds is 25. The van der Waals surface area contributed by atoms with Gasteiger partial charge in [-0.15, -0.1) is 0 Å². The van der Waals surface area contributed by atoms with Gasteiger partial charge in [-0.25, -0.2) is 4.79 Å². The number of ether oxygens (including phenoxy) is 7. The minimum absolute atomic E-state index is 0.279. The quantitative estimate of drug-likeness (QED) is 0.0184. The van der Waals surface area contributed by atoms with E-state index in [1.54, 1.807) is 36.4 Å². The number of nitrogens with zero attached hydrogens (tertiary/aromatic N) is 3. The Labute approximate surface area is 318 Å². The molecule has 54 heavy (non-hydrogen) atoms. The predicted octanol–water partition coefficient (Wildman–Crippen LogP) is 7.25. The third-order valence-electron chi connectivity index (χ3n) is 8.51. The van der Waals surface area contributed by atoms with Crippen LogP contribution in [0.1, 0.15) is 122 Å². The average molecular weight is 760 g/mol. The molecule has 1 aromatic rings. The lowest BCUT2D eigenvalue weighted by atomic mass is 9.98. The summed E-state index contributed by atoms with van der Waals surface area (Å²) in [7, 11) is 0. The van der Waals surface area contributed by atoms with Gasteiger partial charge in [0.2, 0.25) is 0 Å². The molecule has 0 unspecified atom stereocenters. The van der Waals surface area contributed by atoms with E-state index in [2.05, 4.69) is 16.9 Å². The van der Waals surface area contributed by atoms with Crippen molar-refractivity contribution in [1.29, 1.82) is 0 Å². The van der Waals surface area contributed by atoms with Crippen LogP contribution in [-0.2, 0) is 52.3 Å². The average Bonchev–Trinajstić information content (AvgIpc) is 3.12. The van der Waals surface area contributed by atoms with E-state index in [0.717, 1.165) is 47.0 Å². The molecule has 300 valence electrons. The molecule has 1 fully saturated rings. The molecule has 2 rings (SSSR count). The van der Waals surface area contributed by atoms with Crippen LogP contribution >= 0.6 is 0 Å². The molecular weight excluding hydrogens is 702 g/mol. The van der Waals surface area contributed by atoms with E-state index >= 15 is 0 Å². The van der Waals surface area contributed by atoms with Crippen LogP contribution in [-0.4, -0.2) is 85.9 Å². The maximum absolute atomic E-state index is 13.2. The molecule has 15 nitrogen and oxygen atoms in total. The third-order valence-corrected chi connectivity index (χ3v) is 8.51. The first-order chi connectivity index (χ1) is 26.0. The number of benzene rings is 1. The molecule has 1 aliphatic rings. The van der Waals surface area contributed by atoms with Crippen molar-refractivity contribution in [3.63, 3.8) is 0 Å². The van der Waals surface area contributed by atoms with E-state index in [4.69, 9.17) is 33.2 Å².